The van der Waals surface area contributed by atoms with Gasteiger partial charge in [0, 0.05) is 6.61 Å². The number of ether oxygens (including phenoxy) is 1. The van der Waals surface area contributed by atoms with Crippen molar-refractivity contribution in [2.75, 3.05) is 6.61 Å². The third-order valence-corrected chi connectivity index (χ3v) is 2.65. The van der Waals surface area contributed by atoms with Crippen LogP contribution in [0.15, 0.2) is 0 Å². The van der Waals surface area contributed by atoms with Crippen molar-refractivity contribution >= 4 is 0 Å². The average molecular weight is 268 g/mol. The van der Waals surface area contributed by atoms with Crippen LogP contribution in [0.4, 0.5) is 22.0 Å². The van der Waals surface area contributed by atoms with Crippen molar-refractivity contribution in [2.24, 2.45) is 5.92 Å². The first-order valence-corrected chi connectivity index (χ1v) is 5.48. The monoisotopic (exact) mass is 268 g/mol. The van der Waals surface area contributed by atoms with E-state index in [9.17, 15) is 22.0 Å². The van der Waals surface area contributed by atoms with E-state index in [2.05, 4.69) is 0 Å². The van der Waals surface area contributed by atoms with Crippen molar-refractivity contribution < 1.29 is 26.7 Å². The molecule has 18 heavy (non-hydrogen) atoms. The van der Waals surface area contributed by atoms with Crippen LogP contribution in [0.5, 0.6) is 0 Å². The van der Waals surface area contributed by atoms with Gasteiger partial charge < -0.3 is 4.74 Å². The van der Waals surface area contributed by atoms with Crippen LogP contribution in [0, 0.1) is 35.0 Å². The molecule has 0 aliphatic rings. The van der Waals surface area contributed by atoms with E-state index in [1.54, 1.807) is 0 Å². The molecule has 0 aliphatic heterocycles. The fourth-order valence-electron chi connectivity index (χ4n) is 1.26. The van der Waals surface area contributed by atoms with Gasteiger partial charge in [0.1, 0.15) is 0 Å². The van der Waals surface area contributed by atoms with E-state index in [1.165, 1.54) is 0 Å². The molecule has 0 spiro atoms. The summed E-state index contributed by atoms with van der Waals surface area (Å²) in [5.74, 6) is -9.58. The fraction of sp³-hybridized carbons (Fsp3) is 0.500. The first-order valence-electron chi connectivity index (χ1n) is 5.48. The minimum absolute atomic E-state index is 0.145. The first kappa shape index (κ1) is 14.9. The van der Waals surface area contributed by atoms with E-state index in [0.29, 0.717) is 0 Å². The minimum Gasteiger partial charge on any atom is -0.376 e. The van der Waals surface area contributed by atoms with E-state index < -0.39 is 41.3 Å². The maximum atomic E-state index is 13.2. The second-order valence-corrected chi connectivity index (χ2v) is 4.08. The molecule has 1 aromatic rings. The molecule has 1 rings (SSSR count). The summed E-state index contributed by atoms with van der Waals surface area (Å²) < 4.78 is 69.8. The van der Waals surface area contributed by atoms with Gasteiger partial charge in [-0.05, 0) is 5.92 Å². The molecular weight excluding hydrogens is 255 g/mol. The van der Waals surface area contributed by atoms with Gasteiger partial charge in [0.25, 0.3) is 0 Å². The highest BCUT2D eigenvalue weighted by Crippen LogP contribution is 2.23. The van der Waals surface area contributed by atoms with Gasteiger partial charge in [0.15, 0.2) is 23.3 Å². The highest BCUT2D eigenvalue weighted by molar-refractivity contribution is 5.23. The van der Waals surface area contributed by atoms with Crippen LogP contribution >= 0.6 is 0 Å². The van der Waals surface area contributed by atoms with E-state index in [1.807, 2.05) is 13.8 Å². The number of rotatable bonds is 5. The highest BCUT2D eigenvalue weighted by Gasteiger charge is 2.25. The summed E-state index contributed by atoms with van der Waals surface area (Å²) in [6.45, 7) is 3.29. The quantitative estimate of drug-likeness (QED) is 0.446. The van der Waals surface area contributed by atoms with Crippen molar-refractivity contribution in [2.45, 2.75) is 26.9 Å². The van der Waals surface area contributed by atoms with Gasteiger partial charge in [-0.3, -0.25) is 0 Å². The van der Waals surface area contributed by atoms with E-state index in [4.69, 9.17) is 4.74 Å². The molecule has 0 saturated carbocycles. The second kappa shape index (κ2) is 6.13. The Morgan fingerprint density at radius 1 is 0.889 bits per heavy atom. The SMILES string of the molecule is CCC(C)COCc1c(F)c(F)c(F)c(F)c1F. The number of hydrogen-bond donors (Lipinski definition) is 0. The van der Waals surface area contributed by atoms with E-state index in [0.717, 1.165) is 6.42 Å². The Morgan fingerprint density at radius 2 is 1.33 bits per heavy atom. The Labute approximate surface area is 102 Å². The van der Waals surface area contributed by atoms with Crippen LogP contribution in [-0.2, 0) is 11.3 Å². The van der Waals surface area contributed by atoms with Crippen LogP contribution in [0.25, 0.3) is 0 Å². The Balaban J connectivity index is 2.89. The van der Waals surface area contributed by atoms with Gasteiger partial charge in [-0.25, -0.2) is 22.0 Å². The zero-order valence-corrected chi connectivity index (χ0v) is 10.00. The predicted molar refractivity (Wildman–Crippen MR) is 55.3 cm³/mol. The summed E-state index contributed by atoms with van der Waals surface area (Å²) >= 11 is 0. The Kier molecular flexibility index (Phi) is 5.07. The molecule has 0 aliphatic carbocycles. The molecule has 0 radical (unpaired) electrons. The largest absolute Gasteiger partial charge is 0.376 e. The van der Waals surface area contributed by atoms with Crippen LogP contribution < -0.4 is 0 Å². The summed E-state index contributed by atoms with van der Waals surface area (Å²) in [7, 11) is 0. The lowest BCUT2D eigenvalue weighted by molar-refractivity contribution is 0.0856. The minimum atomic E-state index is -2.16. The Hall–Kier alpha value is -1.17. The van der Waals surface area contributed by atoms with Crippen molar-refractivity contribution in [1.82, 2.24) is 0 Å². The second-order valence-electron chi connectivity index (χ2n) is 4.08. The molecule has 1 atom stereocenters. The van der Waals surface area contributed by atoms with Crippen LogP contribution in [0.3, 0.4) is 0 Å². The molecule has 0 amide bonds. The summed E-state index contributed by atoms with van der Waals surface area (Å²) in [5, 5.41) is 0. The molecule has 6 heteroatoms. The van der Waals surface area contributed by atoms with E-state index in [-0.39, 0.29) is 12.5 Å². The Morgan fingerprint density at radius 3 is 1.78 bits per heavy atom. The number of benzene rings is 1. The van der Waals surface area contributed by atoms with Crippen molar-refractivity contribution in [1.29, 1.82) is 0 Å². The molecule has 0 heterocycles. The lowest BCUT2D eigenvalue weighted by Crippen LogP contribution is -2.11. The molecule has 0 saturated heterocycles. The molecule has 0 bridgehead atoms. The third-order valence-electron chi connectivity index (χ3n) is 2.65. The van der Waals surface area contributed by atoms with Gasteiger partial charge in [-0.1, -0.05) is 20.3 Å². The summed E-state index contributed by atoms with van der Waals surface area (Å²) in [6.07, 6.45) is 0.789. The third kappa shape index (κ3) is 2.98. The average Bonchev–Trinajstić information content (AvgIpc) is 2.37. The van der Waals surface area contributed by atoms with Gasteiger partial charge >= 0.3 is 0 Å². The van der Waals surface area contributed by atoms with Crippen LogP contribution in [0.2, 0.25) is 0 Å². The van der Waals surface area contributed by atoms with E-state index >= 15 is 0 Å². The molecule has 0 N–H and O–H groups in total. The summed E-state index contributed by atoms with van der Waals surface area (Å²) in [4.78, 5) is 0. The maximum Gasteiger partial charge on any atom is 0.200 e. The zero-order chi connectivity index (χ0) is 13.9. The van der Waals surface area contributed by atoms with Crippen molar-refractivity contribution in [3.8, 4) is 0 Å². The molecule has 102 valence electrons. The topological polar surface area (TPSA) is 9.23 Å². The number of hydrogen-bond acceptors (Lipinski definition) is 1. The first-order chi connectivity index (χ1) is 8.40. The Bertz CT molecular complexity index is 404. The predicted octanol–water partition coefficient (Wildman–Crippen LogP) is 3.94. The smallest absolute Gasteiger partial charge is 0.200 e. The van der Waals surface area contributed by atoms with Crippen LogP contribution in [-0.4, -0.2) is 6.61 Å². The molecule has 0 fully saturated rings. The molecule has 1 aromatic carbocycles. The summed E-state index contributed by atoms with van der Waals surface area (Å²) in [5.41, 5.74) is -0.935. The van der Waals surface area contributed by atoms with Gasteiger partial charge in [-0.2, -0.15) is 0 Å². The van der Waals surface area contributed by atoms with Gasteiger partial charge in [-0.15, -0.1) is 0 Å². The molecule has 1 nitrogen and oxygen atoms in total. The van der Waals surface area contributed by atoms with Gasteiger partial charge in [0.05, 0.1) is 12.2 Å². The van der Waals surface area contributed by atoms with Gasteiger partial charge in [0.2, 0.25) is 5.82 Å². The fourth-order valence-corrected chi connectivity index (χ4v) is 1.26. The molecule has 0 aromatic heterocycles. The summed E-state index contributed by atoms with van der Waals surface area (Å²) in [6, 6.07) is 0. The lowest BCUT2D eigenvalue weighted by atomic mass is 10.1. The molecular formula is C12H13F5O. The molecule has 1 unspecified atom stereocenters. The van der Waals surface area contributed by atoms with Crippen molar-refractivity contribution in [3.63, 3.8) is 0 Å². The number of halogens is 5. The highest BCUT2D eigenvalue weighted by atomic mass is 19.2. The lowest BCUT2D eigenvalue weighted by Gasteiger charge is -2.11. The zero-order valence-electron chi connectivity index (χ0n) is 10.00. The normalized spacial score (nSPS) is 12.8. The van der Waals surface area contributed by atoms with Crippen LogP contribution in [0.1, 0.15) is 25.8 Å². The van der Waals surface area contributed by atoms with Crippen molar-refractivity contribution in [3.05, 3.63) is 34.6 Å². The maximum absolute atomic E-state index is 13.2. The standard InChI is InChI=1S/C12H13F5O/c1-3-6(2)4-18-5-7-8(13)10(15)12(17)11(16)9(7)14/h6H,3-5H2,1-2H3.